The molecule has 2 aromatic heterocycles. The van der Waals surface area contributed by atoms with Crippen molar-refractivity contribution < 1.29 is 27.1 Å². The summed E-state index contributed by atoms with van der Waals surface area (Å²) >= 11 is 0. The largest absolute Gasteiger partial charge is 0.470 e. The SMILES string of the molecule is NC(=O)Oc1cc(-c2nnc(C(F)(F)F)o2)ccn1. The molecule has 0 atom stereocenters. The minimum Gasteiger partial charge on any atom is -0.413 e. The second-order valence-corrected chi connectivity index (χ2v) is 3.21. The highest BCUT2D eigenvalue weighted by atomic mass is 19.4. The van der Waals surface area contributed by atoms with E-state index >= 15 is 0 Å². The topological polar surface area (TPSA) is 104 Å². The Bertz CT molecular complexity index is 611. The third kappa shape index (κ3) is 2.97. The fourth-order valence-electron chi connectivity index (χ4n) is 1.16. The molecule has 0 radical (unpaired) electrons. The van der Waals surface area contributed by atoms with E-state index < -0.39 is 18.2 Å². The van der Waals surface area contributed by atoms with E-state index in [1.54, 1.807) is 0 Å². The number of hydrogen-bond donors (Lipinski definition) is 1. The first kappa shape index (κ1) is 12.8. The summed E-state index contributed by atoms with van der Waals surface area (Å²) in [5.74, 6) is -2.06. The number of carbonyl (C=O) groups excluding carboxylic acids is 1. The van der Waals surface area contributed by atoms with Gasteiger partial charge in [-0.3, -0.25) is 0 Å². The molecular weight excluding hydrogens is 269 g/mol. The van der Waals surface area contributed by atoms with Crippen molar-refractivity contribution in [2.45, 2.75) is 6.18 Å². The van der Waals surface area contributed by atoms with Gasteiger partial charge in [-0.25, -0.2) is 9.78 Å². The van der Waals surface area contributed by atoms with Gasteiger partial charge in [0.25, 0.3) is 0 Å². The monoisotopic (exact) mass is 274 g/mol. The van der Waals surface area contributed by atoms with Crippen molar-refractivity contribution in [2.24, 2.45) is 5.73 Å². The van der Waals surface area contributed by atoms with Gasteiger partial charge in [0.1, 0.15) is 0 Å². The van der Waals surface area contributed by atoms with E-state index in [1.807, 2.05) is 0 Å². The quantitative estimate of drug-likeness (QED) is 0.891. The lowest BCUT2D eigenvalue weighted by Crippen LogP contribution is -2.16. The number of hydrogen-bond acceptors (Lipinski definition) is 6. The number of amides is 1. The van der Waals surface area contributed by atoms with Gasteiger partial charge in [-0.05, 0) is 6.07 Å². The zero-order valence-corrected chi connectivity index (χ0v) is 9.01. The van der Waals surface area contributed by atoms with Crippen molar-refractivity contribution >= 4 is 6.09 Å². The van der Waals surface area contributed by atoms with Crippen molar-refractivity contribution in [1.82, 2.24) is 15.2 Å². The van der Waals surface area contributed by atoms with Crippen molar-refractivity contribution in [3.8, 4) is 17.3 Å². The number of nitrogens with two attached hydrogens (primary N) is 1. The standard InChI is InChI=1S/C9H5F3N4O3/c10-9(11,12)7-16-15-6(19-7)4-1-2-14-5(3-4)18-8(13)17/h1-3H,(H2,13,17). The molecule has 10 heteroatoms. The number of rotatable bonds is 2. The fourth-order valence-corrected chi connectivity index (χ4v) is 1.16. The minimum absolute atomic E-state index is 0.106. The Morgan fingerprint density at radius 3 is 2.68 bits per heavy atom. The van der Waals surface area contributed by atoms with Crippen molar-refractivity contribution in [3.63, 3.8) is 0 Å². The van der Waals surface area contributed by atoms with Gasteiger partial charge in [0.15, 0.2) is 0 Å². The van der Waals surface area contributed by atoms with Crippen LogP contribution in [0.4, 0.5) is 18.0 Å². The van der Waals surface area contributed by atoms with Crippen LogP contribution in [0.25, 0.3) is 11.5 Å². The highest BCUT2D eigenvalue weighted by Gasteiger charge is 2.38. The van der Waals surface area contributed by atoms with Gasteiger partial charge in [-0.1, -0.05) is 0 Å². The number of halogens is 3. The molecule has 100 valence electrons. The molecule has 0 unspecified atom stereocenters. The molecule has 0 saturated carbocycles. The van der Waals surface area contributed by atoms with Gasteiger partial charge in [-0.2, -0.15) is 13.2 Å². The number of alkyl halides is 3. The molecule has 2 aromatic rings. The Morgan fingerprint density at radius 2 is 2.11 bits per heavy atom. The number of carbonyl (C=O) groups is 1. The molecular formula is C9H5F3N4O3. The van der Waals surface area contributed by atoms with Crippen LogP contribution in [-0.4, -0.2) is 21.3 Å². The van der Waals surface area contributed by atoms with Crippen molar-refractivity contribution in [1.29, 1.82) is 0 Å². The lowest BCUT2D eigenvalue weighted by Gasteiger charge is -2.00. The minimum atomic E-state index is -4.73. The fraction of sp³-hybridized carbons (Fsp3) is 0.111. The molecule has 0 bridgehead atoms. The Balaban J connectivity index is 2.31. The summed E-state index contributed by atoms with van der Waals surface area (Å²) in [7, 11) is 0. The Morgan fingerprint density at radius 1 is 1.37 bits per heavy atom. The average molecular weight is 274 g/mol. The normalized spacial score (nSPS) is 11.3. The molecule has 0 aliphatic carbocycles. The van der Waals surface area contributed by atoms with E-state index in [9.17, 15) is 18.0 Å². The zero-order chi connectivity index (χ0) is 14.0. The maximum absolute atomic E-state index is 12.3. The van der Waals surface area contributed by atoms with E-state index in [-0.39, 0.29) is 17.3 Å². The summed E-state index contributed by atoms with van der Waals surface area (Å²) < 4.78 is 45.7. The molecule has 0 aliphatic rings. The molecule has 19 heavy (non-hydrogen) atoms. The predicted octanol–water partition coefficient (Wildman–Crippen LogP) is 1.61. The van der Waals surface area contributed by atoms with Crippen LogP contribution in [0.3, 0.4) is 0 Å². The van der Waals surface area contributed by atoms with E-state index in [2.05, 4.69) is 24.3 Å². The van der Waals surface area contributed by atoms with Gasteiger partial charge in [0.2, 0.25) is 11.8 Å². The van der Waals surface area contributed by atoms with Gasteiger partial charge in [-0.15, -0.1) is 10.2 Å². The summed E-state index contributed by atoms with van der Waals surface area (Å²) in [4.78, 5) is 14.1. The third-order valence-electron chi connectivity index (χ3n) is 1.85. The lowest BCUT2D eigenvalue weighted by molar-refractivity contribution is -0.156. The van der Waals surface area contributed by atoms with E-state index in [0.29, 0.717) is 0 Å². The molecule has 1 amide bonds. The van der Waals surface area contributed by atoms with Crippen LogP contribution < -0.4 is 10.5 Å². The van der Waals surface area contributed by atoms with E-state index in [0.717, 1.165) is 6.07 Å². The predicted molar refractivity (Wildman–Crippen MR) is 52.7 cm³/mol. The first-order valence-corrected chi connectivity index (χ1v) is 4.70. The van der Waals surface area contributed by atoms with Crippen LogP contribution >= 0.6 is 0 Å². The molecule has 7 nitrogen and oxygen atoms in total. The average Bonchev–Trinajstić information content (AvgIpc) is 2.77. The van der Waals surface area contributed by atoms with E-state index in [1.165, 1.54) is 12.3 Å². The molecule has 0 aliphatic heterocycles. The van der Waals surface area contributed by atoms with Gasteiger partial charge >= 0.3 is 18.2 Å². The van der Waals surface area contributed by atoms with Crippen LogP contribution in [-0.2, 0) is 6.18 Å². The lowest BCUT2D eigenvalue weighted by atomic mass is 10.3. The highest BCUT2D eigenvalue weighted by molar-refractivity contribution is 5.68. The van der Waals surface area contributed by atoms with Crippen LogP contribution in [0.15, 0.2) is 22.7 Å². The first-order chi connectivity index (χ1) is 8.86. The summed E-state index contributed by atoms with van der Waals surface area (Å²) in [5.41, 5.74) is 4.88. The highest BCUT2D eigenvalue weighted by Crippen LogP contribution is 2.30. The Hall–Kier alpha value is -2.65. The summed E-state index contributed by atoms with van der Waals surface area (Å²) in [6.45, 7) is 0. The van der Waals surface area contributed by atoms with Crippen LogP contribution in [0.5, 0.6) is 5.88 Å². The summed E-state index contributed by atoms with van der Waals surface area (Å²) in [6.07, 6.45) is -4.65. The molecule has 0 spiro atoms. The molecule has 2 N–H and O–H groups in total. The zero-order valence-electron chi connectivity index (χ0n) is 9.01. The van der Waals surface area contributed by atoms with Crippen LogP contribution in [0, 0.1) is 0 Å². The van der Waals surface area contributed by atoms with Crippen molar-refractivity contribution in [2.75, 3.05) is 0 Å². The second kappa shape index (κ2) is 4.55. The maximum atomic E-state index is 12.3. The number of aromatic nitrogens is 3. The molecule has 2 heterocycles. The third-order valence-corrected chi connectivity index (χ3v) is 1.85. The van der Waals surface area contributed by atoms with E-state index in [4.69, 9.17) is 5.73 Å². The summed E-state index contributed by atoms with van der Waals surface area (Å²) in [5, 5.41) is 6.10. The molecule has 0 saturated heterocycles. The summed E-state index contributed by atoms with van der Waals surface area (Å²) in [6, 6.07) is 2.44. The number of primary amides is 1. The van der Waals surface area contributed by atoms with Gasteiger partial charge in [0.05, 0.1) is 0 Å². The molecule has 0 fully saturated rings. The maximum Gasteiger partial charge on any atom is 0.470 e. The molecule has 2 rings (SSSR count). The smallest absolute Gasteiger partial charge is 0.413 e. The van der Waals surface area contributed by atoms with Gasteiger partial charge in [0, 0.05) is 17.8 Å². The number of ether oxygens (including phenoxy) is 1. The van der Waals surface area contributed by atoms with Crippen LogP contribution in [0.1, 0.15) is 5.89 Å². The van der Waals surface area contributed by atoms with Gasteiger partial charge < -0.3 is 14.9 Å². The second-order valence-electron chi connectivity index (χ2n) is 3.21. The van der Waals surface area contributed by atoms with Crippen LogP contribution in [0.2, 0.25) is 0 Å². The first-order valence-electron chi connectivity index (χ1n) is 4.70. The Kier molecular flexibility index (Phi) is 3.07. The Labute approximate surface area is 103 Å². The number of nitrogens with zero attached hydrogens (tertiary/aromatic N) is 3. The van der Waals surface area contributed by atoms with Crippen molar-refractivity contribution in [3.05, 3.63) is 24.2 Å². The molecule has 0 aromatic carbocycles. The number of pyridine rings is 1.